The van der Waals surface area contributed by atoms with E-state index in [1.165, 1.54) is 0 Å². The lowest BCUT2D eigenvalue weighted by Crippen LogP contribution is -2.48. The standard InChI is InChI=1S/C15H27N5O4.HI/c1-2-23-15(22)20-7-5-10(6-8-20)19-14(17)18-9-11-3-4-12(24-11)13(16)21;/h10-12H,2-9H2,1H3,(H2,16,21)(H3,17,18,19);1H. The summed E-state index contributed by atoms with van der Waals surface area (Å²) in [4.78, 5) is 28.7. The number of ether oxygens (including phenoxy) is 2. The second kappa shape index (κ2) is 10.6. The van der Waals surface area contributed by atoms with Gasteiger partial charge >= 0.3 is 6.09 Å². The normalized spacial score (nSPS) is 24.5. The van der Waals surface area contributed by atoms with Crippen LogP contribution in [0, 0.1) is 0 Å². The number of likely N-dealkylation sites (tertiary alicyclic amines) is 1. The molecule has 0 aromatic rings. The first-order chi connectivity index (χ1) is 11.5. The van der Waals surface area contributed by atoms with Gasteiger partial charge in [0.15, 0.2) is 5.96 Å². The SMILES string of the molecule is CCOC(=O)N1CCC(NC(N)=NCC2CCC(C(N)=O)O2)CC1.I. The molecule has 0 aliphatic carbocycles. The molecule has 0 spiro atoms. The Morgan fingerprint density at radius 2 is 1.92 bits per heavy atom. The van der Waals surface area contributed by atoms with Crippen molar-refractivity contribution in [2.75, 3.05) is 26.2 Å². The molecule has 9 nitrogen and oxygen atoms in total. The molecule has 2 fully saturated rings. The molecule has 2 aliphatic heterocycles. The maximum atomic E-state index is 11.6. The number of halogens is 1. The molecule has 10 heteroatoms. The van der Waals surface area contributed by atoms with Gasteiger partial charge in [0.2, 0.25) is 5.91 Å². The zero-order valence-electron chi connectivity index (χ0n) is 14.5. The molecular formula is C15H28IN5O4. The summed E-state index contributed by atoms with van der Waals surface area (Å²) in [5.74, 6) is -0.0726. The van der Waals surface area contributed by atoms with Crippen molar-refractivity contribution in [3.8, 4) is 0 Å². The lowest BCUT2D eigenvalue weighted by molar-refractivity contribution is -0.128. The smallest absolute Gasteiger partial charge is 0.409 e. The minimum absolute atomic E-state index is 0. The molecule has 2 amide bonds. The van der Waals surface area contributed by atoms with Gasteiger partial charge in [0, 0.05) is 19.1 Å². The first-order valence-electron chi connectivity index (χ1n) is 8.42. The second-order valence-electron chi connectivity index (χ2n) is 6.06. The van der Waals surface area contributed by atoms with Gasteiger partial charge in [-0.15, -0.1) is 24.0 Å². The number of nitrogens with zero attached hydrogens (tertiary/aromatic N) is 2. The number of rotatable bonds is 5. The van der Waals surface area contributed by atoms with Gasteiger partial charge < -0.3 is 31.2 Å². The van der Waals surface area contributed by atoms with Crippen molar-refractivity contribution in [1.29, 1.82) is 0 Å². The molecule has 2 aliphatic rings. The number of primary amides is 1. The van der Waals surface area contributed by atoms with Crippen molar-refractivity contribution in [2.24, 2.45) is 16.5 Å². The fourth-order valence-corrected chi connectivity index (χ4v) is 2.93. The average molecular weight is 469 g/mol. The maximum Gasteiger partial charge on any atom is 0.409 e. The Kier molecular flexibility index (Phi) is 9.25. The van der Waals surface area contributed by atoms with E-state index in [-0.39, 0.29) is 42.2 Å². The fourth-order valence-electron chi connectivity index (χ4n) is 2.93. The van der Waals surface area contributed by atoms with E-state index in [4.69, 9.17) is 20.9 Å². The van der Waals surface area contributed by atoms with E-state index in [1.54, 1.807) is 11.8 Å². The summed E-state index contributed by atoms with van der Waals surface area (Å²) >= 11 is 0. The van der Waals surface area contributed by atoms with E-state index in [2.05, 4.69) is 10.3 Å². The number of nitrogens with two attached hydrogens (primary N) is 2. The van der Waals surface area contributed by atoms with Crippen molar-refractivity contribution in [3.63, 3.8) is 0 Å². The van der Waals surface area contributed by atoms with Gasteiger partial charge in [0.25, 0.3) is 0 Å². The van der Waals surface area contributed by atoms with Crippen LogP contribution < -0.4 is 16.8 Å². The molecule has 2 rings (SSSR count). The van der Waals surface area contributed by atoms with Crippen LogP contribution in [-0.4, -0.2) is 67.4 Å². The number of carbonyl (C=O) groups is 2. The van der Waals surface area contributed by atoms with Gasteiger partial charge in [0.1, 0.15) is 6.10 Å². The van der Waals surface area contributed by atoms with E-state index < -0.39 is 12.0 Å². The number of hydrogen-bond acceptors (Lipinski definition) is 5. The molecule has 25 heavy (non-hydrogen) atoms. The third-order valence-corrected chi connectivity index (χ3v) is 4.26. The quantitative estimate of drug-likeness (QED) is 0.299. The van der Waals surface area contributed by atoms with E-state index in [0.29, 0.717) is 38.6 Å². The Bertz CT molecular complexity index is 483. The summed E-state index contributed by atoms with van der Waals surface area (Å²) in [6.45, 7) is 3.86. The largest absolute Gasteiger partial charge is 0.450 e. The zero-order chi connectivity index (χ0) is 17.5. The summed E-state index contributed by atoms with van der Waals surface area (Å²) < 4.78 is 10.5. The summed E-state index contributed by atoms with van der Waals surface area (Å²) in [5, 5.41) is 3.17. The van der Waals surface area contributed by atoms with Crippen molar-refractivity contribution in [3.05, 3.63) is 0 Å². The Balaban J connectivity index is 0.00000312. The number of aliphatic imine (C=N–C) groups is 1. The second-order valence-corrected chi connectivity index (χ2v) is 6.06. The van der Waals surface area contributed by atoms with Gasteiger partial charge in [-0.3, -0.25) is 9.79 Å². The van der Waals surface area contributed by atoms with Crippen LogP contribution >= 0.6 is 24.0 Å². The van der Waals surface area contributed by atoms with Crippen LogP contribution in [0.2, 0.25) is 0 Å². The molecule has 2 saturated heterocycles. The topological polar surface area (TPSA) is 132 Å². The molecule has 0 aromatic carbocycles. The molecular weight excluding hydrogens is 441 g/mol. The van der Waals surface area contributed by atoms with Crippen LogP contribution in [-0.2, 0) is 14.3 Å². The highest BCUT2D eigenvalue weighted by atomic mass is 127. The lowest BCUT2D eigenvalue weighted by atomic mass is 10.1. The predicted molar refractivity (Wildman–Crippen MR) is 104 cm³/mol. The van der Waals surface area contributed by atoms with E-state index in [9.17, 15) is 9.59 Å². The molecule has 0 bridgehead atoms. The first-order valence-corrected chi connectivity index (χ1v) is 8.42. The van der Waals surface area contributed by atoms with E-state index in [1.807, 2.05) is 0 Å². The minimum Gasteiger partial charge on any atom is -0.450 e. The molecule has 2 heterocycles. The zero-order valence-corrected chi connectivity index (χ0v) is 16.8. The van der Waals surface area contributed by atoms with Crippen LogP contribution in [0.3, 0.4) is 0 Å². The van der Waals surface area contributed by atoms with Crippen molar-refractivity contribution >= 4 is 41.9 Å². The Hall–Kier alpha value is -1.30. The maximum absolute atomic E-state index is 11.6. The summed E-state index contributed by atoms with van der Waals surface area (Å²) in [6.07, 6.45) is 2.08. The van der Waals surface area contributed by atoms with Gasteiger partial charge in [0.05, 0.1) is 19.3 Å². The molecule has 5 N–H and O–H groups in total. The van der Waals surface area contributed by atoms with E-state index >= 15 is 0 Å². The van der Waals surface area contributed by atoms with Gasteiger partial charge in [-0.25, -0.2) is 4.79 Å². The van der Waals surface area contributed by atoms with Crippen LogP contribution in [0.1, 0.15) is 32.6 Å². The fraction of sp³-hybridized carbons (Fsp3) is 0.800. The van der Waals surface area contributed by atoms with Gasteiger partial charge in [-0.05, 0) is 32.6 Å². The monoisotopic (exact) mass is 469 g/mol. The third-order valence-electron chi connectivity index (χ3n) is 4.26. The van der Waals surface area contributed by atoms with Gasteiger partial charge in [-0.2, -0.15) is 0 Å². The number of guanidine groups is 1. The molecule has 0 saturated carbocycles. The third kappa shape index (κ3) is 6.84. The first kappa shape index (κ1) is 21.7. The minimum atomic E-state index is -0.508. The van der Waals surface area contributed by atoms with Crippen LogP contribution in [0.25, 0.3) is 0 Å². The Morgan fingerprint density at radius 1 is 1.24 bits per heavy atom. The summed E-state index contributed by atoms with van der Waals surface area (Å²) in [7, 11) is 0. The van der Waals surface area contributed by atoms with E-state index in [0.717, 1.165) is 19.3 Å². The Labute approximate surface area is 164 Å². The molecule has 2 atom stereocenters. The molecule has 144 valence electrons. The van der Waals surface area contributed by atoms with Crippen molar-refractivity contribution in [1.82, 2.24) is 10.2 Å². The number of hydrogen-bond donors (Lipinski definition) is 3. The van der Waals surface area contributed by atoms with Crippen LogP contribution in [0.5, 0.6) is 0 Å². The number of carbonyl (C=O) groups excluding carboxylic acids is 2. The van der Waals surface area contributed by atoms with Crippen LogP contribution in [0.4, 0.5) is 4.79 Å². The van der Waals surface area contributed by atoms with Crippen molar-refractivity contribution in [2.45, 2.75) is 50.9 Å². The Morgan fingerprint density at radius 3 is 2.48 bits per heavy atom. The average Bonchev–Trinajstić information content (AvgIpc) is 3.03. The molecule has 0 aromatic heterocycles. The summed E-state index contributed by atoms with van der Waals surface area (Å²) in [5.41, 5.74) is 11.1. The summed E-state index contributed by atoms with van der Waals surface area (Å²) in [6, 6.07) is 0.183. The highest BCUT2D eigenvalue weighted by Gasteiger charge is 2.29. The predicted octanol–water partition coefficient (Wildman–Crippen LogP) is 0.163. The number of nitrogens with one attached hydrogen (secondary N) is 1. The molecule has 0 radical (unpaired) electrons. The lowest BCUT2D eigenvalue weighted by Gasteiger charge is -2.31. The number of piperidine rings is 1. The van der Waals surface area contributed by atoms with Gasteiger partial charge in [-0.1, -0.05) is 0 Å². The highest BCUT2D eigenvalue weighted by Crippen LogP contribution is 2.19. The van der Waals surface area contributed by atoms with Crippen molar-refractivity contribution < 1.29 is 19.1 Å². The van der Waals surface area contributed by atoms with Crippen LogP contribution in [0.15, 0.2) is 4.99 Å². The highest BCUT2D eigenvalue weighted by molar-refractivity contribution is 14.0. The molecule has 2 unspecified atom stereocenters. The number of amides is 2.